The van der Waals surface area contributed by atoms with E-state index in [0.29, 0.717) is 35.4 Å². The van der Waals surface area contributed by atoms with Crippen LogP contribution in [0.2, 0.25) is 0 Å². The average Bonchev–Trinajstić information content (AvgIpc) is 3.65. The molecule has 7 atom stereocenters. The maximum absolute atomic E-state index is 13.3. The molecule has 4 aliphatic rings. The number of esters is 1. The minimum absolute atomic E-state index is 0.0801. The number of allylic oxidation sites excluding steroid dienone is 4. The lowest BCUT2D eigenvalue weighted by molar-refractivity contribution is -0.172. The molecule has 7 rings (SSSR count). The smallest absolute Gasteiger partial charge is 0.405 e. The van der Waals surface area contributed by atoms with Gasteiger partial charge in [0.15, 0.2) is 17.5 Å². The summed E-state index contributed by atoms with van der Waals surface area (Å²) in [5.74, 6) is -3.09. The molecule has 3 aliphatic heterocycles. The lowest BCUT2D eigenvalue weighted by atomic mass is 9.85. The molecule has 3 aromatic rings. The Morgan fingerprint density at radius 3 is 2.45 bits per heavy atom. The van der Waals surface area contributed by atoms with E-state index in [2.05, 4.69) is 5.32 Å². The van der Waals surface area contributed by atoms with Crippen molar-refractivity contribution in [3.63, 3.8) is 0 Å². The highest BCUT2D eigenvalue weighted by molar-refractivity contribution is 6.23. The number of amides is 2. The number of nitrogens with two attached hydrogens (primary N) is 1. The molecule has 0 spiro atoms. The van der Waals surface area contributed by atoms with Gasteiger partial charge in [-0.2, -0.15) is 0 Å². The molecule has 1 aromatic carbocycles. The maximum atomic E-state index is 13.3. The van der Waals surface area contributed by atoms with Gasteiger partial charge in [0.25, 0.3) is 11.5 Å². The largest absolute Gasteiger partial charge is 0.492 e. The molecule has 2 aromatic heterocycles. The van der Waals surface area contributed by atoms with Crippen molar-refractivity contribution in [3.05, 3.63) is 122 Å². The summed E-state index contributed by atoms with van der Waals surface area (Å²) in [7, 11) is 4.21. The van der Waals surface area contributed by atoms with E-state index in [0.717, 1.165) is 28.2 Å². The number of para-hydroxylation sites is 1. The molecule has 66 heavy (non-hydrogen) atoms. The molecule has 1 aliphatic carbocycles. The molecule has 0 saturated carbocycles. The first-order chi connectivity index (χ1) is 31.4. The van der Waals surface area contributed by atoms with Crippen molar-refractivity contribution in [1.82, 2.24) is 14.9 Å². The van der Waals surface area contributed by atoms with Gasteiger partial charge in [0.05, 0.1) is 54.0 Å². The van der Waals surface area contributed by atoms with Gasteiger partial charge >= 0.3 is 12.1 Å². The number of cyclic esters (lactones) is 1. The summed E-state index contributed by atoms with van der Waals surface area (Å²) >= 11 is 0. The molecule has 5 heterocycles. The first kappa shape index (κ1) is 48.9. The second kappa shape index (κ2) is 20.3. The molecule has 17 heteroatoms. The molecule has 2 amide bonds. The van der Waals surface area contributed by atoms with Crippen molar-refractivity contribution in [2.75, 3.05) is 21.3 Å². The summed E-state index contributed by atoms with van der Waals surface area (Å²) in [5, 5.41) is 25.5. The zero-order chi connectivity index (χ0) is 48.2. The summed E-state index contributed by atoms with van der Waals surface area (Å²) < 4.78 is 28.4. The summed E-state index contributed by atoms with van der Waals surface area (Å²) in [6.45, 7) is 8.93. The monoisotopic (exact) mass is 908 g/mol. The van der Waals surface area contributed by atoms with Crippen LogP contribution >= 0.6 is 0 Å². The number of primary amides is 1. The van der Waals surface area contributed by atoms with Crippen molar-refractivity contribution >= 4 is 40.4 Å². The van der Waals surface area contributed by atoms with Crippen LogP contribution < -0.4 is 16.6 Å². The Bertz CT molecular complexity index is 2680. The number of carbonyl (C=O) groups excluding carboxylic acids is 5. The van der Waals surface area contributed by atoms with E-state index in [1.807, 2.05) is 37.3 Å². The lowest BCUT2D eigenvalue weighted by Crippen LogP contribution is -2.44. The summed E-state index contributed by atoms with van der Waals surface area (Å²) in [6.07, 6.45) is 3.75. The predicted molar refractivity (Wildman–Crippen MR) is 241 cm³/mol. The quantitative estimate of drug-likeness (QED) is 0.123. The van der Waals surface area contributed by atoms with Gasteiger partial charge < -0.3 is 49.5 Å². The van der Waals surface area contributed by atoms with Crippen molar-refractivity contribution in [2.24, 2.45) is 17.6 Å². The van der Waals surface area contributed by atoms with Gasteiger partial charge in [0.1, 0.15) is 12.7 Å². The number of aliphatic hydroxyl groups is 2. The topological polar surface area (TPSA) is 245 Å². The first-order valence-corrected chi connectivity index (χ1v) is 21.5. The highest BCUT2D eigenvalue weighted by Gasteiger charge is 2.45. The number of pyridine rings is 2. The van der Waals surface area contributed by atoms with Crippen molar-refractivity contribution in [3.8, 4) is 11.4 Å². The van der Waals surface area contributed by atoms with Gasteiger partial charge in [-0.1, -0.05) is 63.3 Å². The van der Waals surface area contributed by atoms with Crippen LogP contribution in [-0.4, -0.2) is 95.0 Å². The van der Waals surface area contributed by atoms with Crippen LogP contribution in [0.15, 0.2) is 99.7 Å². The van der Waals surface area contributed by atoms with Crippen LogP contribution in [0, 0.1) is 11.8 Å². The molecule has 0 fully saturated rings. The SMILES string of the molecule is CC[C@@]1(O)C(=O)OCc2c1cc1n(c2=O)Cc2cc3ccccc3nc2-1.COC1=C2C[C@@H](C)C[C@H](OC)[C@H](O)[C@@H](C)/C=C(\C)[C@H](OC(N)=O)[C@@H](OC)/C=C\C=C(/C)C(=O)NC(=CC1=O)C2=O. The molecule has 0 saturated heterocycles. The summed E-state index contributed by atoms with van der Waals surface area (Å²) in [5.41, 5.74) is 7.94. The third-order valence-corrected chi connectivity index (χ3v) is 12.4. The molecule has 2 bridgehead atoms. The van der Waals surface area contributed by atoms with E-state index in [9.17, 15) is 39.0 Å². The molecule has 0 radical (unpaired) electrons. The van der Waals surface area contributed by atoms with Gasteiger partial charge in [-0.05, 0) is 62.8 Å². The van der Waals surface area contributed by atoms with Gasteiger partial charge in [0.2, 0.25) is 11.6 Å². The highest BCUT2D eigenvalue weighted by atomic mass is 16.6. The van der Waals surface area contributed by atoms with Crippen LogP contribution in [0.4, 0.5) is 4.79 Å². The molecule has 5 N–H and O–H groups in total. The minimum atomic E-state index is -1.79. The van der Waals surface area contributed by atoms with E-state index in [1.165, 1.54) is 34.3 Å². The predicted octanol–water partition coefficient (Wildman–Crippen LogP) is 4.49. The fourth-order valence-corrected chi connectivity index (χ4v) is 8.71. The molecule has 350 valence electrons. The first-order valence-electron chi connectivity index (χ1n) is 21.5. The molecule has 17 nitrogen and oxygen atoms in total. The summed E-state index contributed by atoms with van der Waals surface area (Å²) in [6, 6.07) is 11.6. The summed E-state index contributed by atoms with van der Waals surface area (Å²) in [4.78, 5) is 80.5. The van der Waals surface area contributed by atoms with Crippen LogP contribution in [-0.2, 0) is 61.6 Å². The number of methoxy groups -OCH3 is 3. The Hall–Kier alpha value is -6.53. The van der Waals surface area contributed by atoms with E-state index >= 15 is 0 Å². The zero-order valence-corrected chi connectivity index (χ0v) is 38.2. The third kappa shape index (κ3) is 9.84. The fraction of sp³-hybridized carbons (Fsp3) is 0.408. The number of fused-ring (bicyclic) bond motifs is 7. The number of carbonyl (C=O) groups is 5. The van der Waals surface area contributed by atoms with E-state index < -0.39 is 65.5 Å². The van der Waals surface area contributed by atoms with Gasteiger partial charge in [-0.3, -0.25) is 19.2 Å². The Morgan fingerprint density at radius 2 is 1.79 bits per heavy atom. The number of hydrogen-bond donors (Lipinski definition) is 4. The van der Waals surface area contributed by atoms with Gasteiger partial charge in [-0.25, -0.2) is 14.6 Å². The number of ketones is 2. The van der Waals surface area contributed by atoms with Gasteiger partial charge in [-0.15, -0.1) is 0 Å². The lowest BCUT2D eigenvalue weighted by Gasteiger charge is -2.31. The molecule has 0 unspecified atom stereocenters. The van der Waals surface area contributed by atoms with E-state index in [-0.39, 0.29) is 53.5 Å². The number of Topliss-reactive ketones (excluding diaryl/α,β-unsaturated/α-hetero) is 1. The third-order valence-electron chi connectivity index (χ3n) is 12.4. The van der Waals surface area contributed by atoms with Crippen LogP contribution in [0.25, 0.3) is 22.3 Å². The number of aliphatic hydroxyl groups excluding tert-OH is 1. The highest BCUT2D eigenvalue weighted by Crippen LogP contribution is 2.39. The second-order valence-electron chi connectivity index (χ2n) is 16.9. The minimum Gasteiger partial charge on any atom is -0.492 e. The zero-order valence-electron chi connectivity index (χ0n) is 38.2. The number of hydrogen-bond acceptors (Lipinski definition) is 14. The van der Waals surface area contributed by atoms with Crippen molar-refractivity contribution in [2.45, 2.75) is 97.0 Å². The molecular weight excluding hydrogens is 853 g/mol. The van der Waals surface area contributed by atoms with E-state index in [4.69, 9.17) is 34.4 Å². The second-order valence-corrected chi connectivity index (χ2v) is 16.9. The fourth-order valence-electron chi connectivity index (χ4n) is 8.71. The van der Waals surface area contributed by atoms with E-state index in [1.54, 1.807) is 49.6 Å². The Labute approximate surface area is 381 Å². The number of aromatic nitrogens is 2. The number of nitrogens with one attached hydrogen (secondary N) is 1. The number of nitrogens with zero attached hydrogens (tertiary/aromatic N) is 2. The van der Waals surface area contributed by atoms with Gasteiger partial charge in [0, 0.05) is 53.9 Å². The Balaban J connectivity index is 0.000000236. The standard InChI is InChI=1S/C29H40N2O9.C20H16N2O4/c1-15-11-19-25(34)20(14-21(32)27(19)39-7)31-28(35)16(2)9-8-10-22(37-5)26(40-29(30)36)18(4)13-17(3)24(33)23(12-15)38-6;1-2-20(25)14-8-16-17-12(7-11-5-3-4-6-15(11)21-17)9-22(16)18(23)13(14)10-26-19(20)24/h8-10,13-15,17,22-24,26,33H,11-12H2,1-7H3,(H2,30,36)(H,31,35);3-8,25H,2,9-10H2,1H3/b10-8-,16-9+,18-13+;/t15-,17+,22+,23+,24-,26+;20-/m10/s1. The average molecular weight is 909 g/mol. The van der Waals surface area contributed by atoms with Crippen LogP contribution in [0.5, 0.6) is 0 Å². The van der Waals surface area contributed by atoms with Crippen molar-refractivity contribution in [1.29, 1.82) is 0 Å². The number of benzene rings is 1. The Kier molecular flexibility index (Phi) is 15.1. The van der Waals surface area contributed by atoms with Crippen LogP contribution in [0.3, 0.4) is 0 Å². The number of rotatable bonds is 5. The van der Waals surface area contributed by atoms with Crippen molar-refractivity contribution < 1.29 is 57.9 Å². The molecular formula is C49H56N4O13. The normalized spacial score (nSPS) is 27.9. The number of ether oxygens (including phenoxy) is 5. The van der Waals surface area contributed by atoms with Crippen LogP contribution in [0.1, 0.15) is 70.6 Å². The maximum Gasteiger partial charge on any atom is 0.405 e. The Morgan fingerprint density at radius 1 is 1.06 bits per heavy atom.